The number of carboxylic acid groups (broad SMARTS) is 1. The minimum atomic E-state index is -2.41. The van der Waals surface area contributed by atoms with E-state index >= 15 is 0 Å². The number of carboxylic acids is 1. The monoisotopic (exact) mass is 1080 g/mol. The number of aliphatic hydroxyl groups excluding tert-OH is 1. The Bertz CT molecular complexity index is 3130. The van der Waals surface area contributed by atoms with Crippen molar-refractivity contribution >= 4 is 11.9 Å². The van der Waals surface area contributed by atoms with Gasteiger partial charge in [-0.25, -0.2) is 0 Å². The molecule has 2 heterocycles. The molecule has 416 valence electrons. The number of nitrogens with two attached hydrogens (primary N) is 2. The van der Waals surface area contributed by atoms with Crippen LogP contribution in [-0.4, -0.2) is 106 Å². The van der Waals surface area contributed by atoms with Gasteiger partial charge in [-0.3, -0.25) is 9.59 Å². The molecule has 4 aliphatic rings. The molecule has 6 aromatic rings. The predicted octanol–water partition coefficient (Wildman–Crippen LogP) is 6.77. The molecule has 2 saturated carbocycles. The van der Waals surface area contributed by atoms with Gasteiger partial charge in [0.15, 0.2) is 29.2 Å². The third-order valence-corrected chi connectivity index (χ3v) is 16.1. The topological polar surface area (TPSA) is 259 Å². The lowest BCUT2D eigenvalue weighted by atomic mass is 9.70. The molecule has 0 spiro atoms. The maximum atomic E-state index is 14.6. The molecular formula is C61H66N2O16. The minimum Gasteiger partial charge on any atom is -0.497 e. The first-order chi connectivity index (χ1) is 38.3. The van der Waals surface area contributed by atoms with Crippen molar-refractivity contribution < 1.29 is 77.4 Å². The van der Waals surface area contributed by atoms with Gasteiger partial charge in [-0.1, -0.05) is 84.9 Å². The number of carbonyl (C=O) groups excluding carboxylic acids is 1. The van der Waals surface area contributed by atoms with E-state index in [1.165, 1.54) is 21.3 Å². The molecule has 10 rings (SSSR count). The van der Waals surface area contributed by atoms with E-state index in [0.29, 0.717) is 78.6 Å². The molecule has 0 radical (unpaired) electrons. The second kappa shape index (κ2) is 22.3. The van der Waals surface area contributed by atoms with E-state index in [1.807, 2.05) is 30.3 Å². The summed E-state index contributed by atoms with van der Waals surface area (Å²) in [6.07, 6.45) is -0.517. The number of aliphatic hydroxyl groups is 3. The molecule has 79 heavy (non-hydrogen) atoms. The highest BCUT2D eigenvalue weighted by molar-refractivity contribution is 5.79. The summed E-state index contributed by atoms with van der Waals surface area (Å²) in [6.45, 7) is 1.14. The van der Waals surface area contributed by atoms with Gasteiger partial charge in [0, 0.05) is 36.1 Å². The van der Waals surface area contributed by atoms with E-state index in [-0.39, 0.29) is 39.9 Å². The number of ether oxygens (including phenoxy) is 10. The Morgan fingerprint density at radius 3 is 1.48 bits per heavy atom. The van der Waals surface area contributed by atoms with Crippen LogP contribution in [0.1, 0.15) is 70.9 Å². The van der Waals surface area contributed by atoms with Gasteiger partial charge >= 0.3 is 11.9 Å². The predicted molar refractivity (Wildman–Crippen MR) is 287 cm³/mol. The first-order valence-corrected chi connectivity index (χ1v) is 26.3. The van der Waals surface area contributed by atoms with Gasteiger partial charge < -0.3 is 79.3 Å². The van der Waals surface area contributed by atoms with E-state index in [9.17, 15) is 30.0 Å². The molecule has 10 atom stereocenters. The van der Waals surface area contributed by atoms with Crippen molar-refractivity contribution in [2.24, 2.45) is 23.3 Å². The number of fused-ring (bicyclic) bond motifs is 6. The van der Waals surface area contributed by atoms with E-state index in [0.717, 1.165) is 12.8 Å². The Morgan fingerprint density at radius 1 is 0.557 bits per heavy atom. The highest BCUT2D eigenvalue weighted by atomic mass is 16.7. The van der Waals surface area contributed by atoms with Crippen molar-refractivity contribution in [3.8, 4) is 46.0 Å². The number of methoxy groups -OCH3 is 4. The average Bonchev–Trinajstić information content (AvgIpc) is 4.24. The molecule has 0 unspecified atom stereocenters. The standard InChI is InChI=1S/C61H66N2O16/c1-70-40-23-19-39(20-24-40)61-51(37-17-9-6-10-18-37)49(57(67)73-4)55(59(61,69)53-45(72-3)32-43(34-47(53)79-61)75-30-14-12-28-63)77-35-76-41-25-21-38(22-26-41)60-50(36-15-7-5-8-16-36)48(56(65)66)54(64)58(60,68)52-44(71-2)31-42(33-46(52)78-60)74-29-13-11-27-62/h5-10,15-26,31-34,48-51,54-55,64,68-69H,11-14,27-30,35,62-63H2,1-4H3,(H,65,66)/t48-,49+,50-,51+,54-,55+,58+,59-,60+,61-/m1/s1. The summed E-state index contributed by atoms with van der Waals surface area (Å²) in [5.41, 5.74) is 5.24. The normalized spacial score (nSPS) is 26.8. The van der Waals surface area contributed by atoms with Gasteiger partial charge in [-0.05, 0) is 85.3 Å². The lowest BCUT2D eigenvalue weighted by Crippen LogP contribution is -2.53. The Kier molecular flexibility index (Phi) is 15.4. The molecular weight excluding hydrogens is 1020 g/mol. The van der Waals surface area contributed by atoms with E-state index in [4.69, 9.17) is 58.8 Å². The van der Waals surface area contributed by atoms with Gasteiger partial charge in [0.2, 0.25) is 0 Å². The van der Waals surface area contributed by atoms with Gasteiger partial charge in [-0.15, -0.1) is 0 Å². The highest BCUT2D eigenvalue weighted by Crippen LogP contribution is 2.72. The van der Waals surface area contributed by atoms with Crippen molar-refractivity contribution in [2.75, 3.05) is 61.5 Å². The van der Waals surface area contributed by atoms with E-state index in [1.54, 1.807) is 110 Å². The number of unbranched alkanes of at least 4 members (excludes halogenated alkanes) is 2. The lowest BCUT2D eigenvalue weighted by Gasteiger charge is -2.41. The smallest absolute Gasteiger partial charge is 0.312 e. The second-order valence-corrected chi connectivity index (χ2v) is 20.1. The van der Waals surface area contributed by atoms with Gasteiger partial charge in [0.25, 0.3) is 0 Å². The van der Waals surface area contributed by atoms with Crippen LogP contribution in [0.25, 0.3) is 0 Å². The number of rotatable bonds is 23. The third-order valence-electron chi connectivity index (χ3n) is 16.1. The SMILES string of the molecule is COC(=O)[C@@H]1[C@H](OCOc2ccc([C@@]34Oc5cc(OCCCCN)cc(OC)c5[C@]3(O)[C@H](O)[C@H](C(=O)O)[C@H]4c3ccccc3)cc2)[C@]2(O)c3c(OC)cc(OCCCCN)cc3O[C@]2(c2ccc(OC)cc2)[C@H]1c1ccccc1. The molecule has 2 fully saturated rings. The number of benzene rings is 6. The quantitative estimate of drug-likeness (QED) is 0.0220. The zero-order valence-electron chi connectivity index (χ0n) is 44.4. The maximum absolute atomic E-state index is 14.6. The number of carbonyl (C=O) groups is 2. The molecule has 0 aromatic heterocycles. The lowest BCUT2D eigenvalue weighted by molar-refractivity contribution is -0.190. The van der Waals surface area contributed by atoms with Gasteiger partial charge in [-0.2, -0.15) is 0 Å². The molecule has 2 aliphatic carbocycles. The van der Waals surface area contributed by atoms with E-state index < -0.39 is 77.0 Å². The second-order valence-electron chi connectivity index (χ2n) is 20.1. The van der Waals surface area contributed by atoms with Crippen LogP contribution in [0.2, 0.25) is 0 Å². The summed E-state index contributed by atoms with van der Waals surface area (Å²) in [4.78, 5) is 28.0. The number of hydrogen-bond donors (Lipinski definition) is 6. The van der Waals surface area contributed by atoms with Crippen molar-refractivity contribution in [3.63, 3.8) is 0 Å². The Labute approximate surface area is 457 Å². The Hall–Kier alpha value is -7.58. The van der Waals surface area contributed by atoms with Crippen molar-refractivity contribution in [1.29, 1.82) is 0 Å². The summed E-state index contributed by atoms with van der Waals surface area (Å²) in [6, 6.07) is 38.0. The molecule has 6 aromatic carbocycles. The fourth-order valence-electron chi connectivity index (χ4n) is 12.8. The van der Waals surface area contributed by atoms with Crippen LogP contribution >= 0.6 is 0 Å². The fourth-order valence-corrected chi connectivity index (χ4v) is 12.8. The molecule has 0 saturated heterocycles. The zero-order chi connectivity index (χ0) is 55.7. The van der Waals surface area contributed by atoms with Crippen LogP contribution in [-0.2, 0) is 41.5 Å². The van der Waals surface area contributed by atoms with Crippen LogP contribution in [0.4, 0.5) is 0 Å². The first-order valence-electron chi connectivity index (χ1n) is 26.3. The number of hydrogen-bond acceptors (Lipinski definition) is 17. The summed E-state index contributed by atoms with van der Waals surface area (Å²) in [5.74, 6) is -4.77. The highest BCUT2D eigenvalue weighted by Gasteiger charge is 2.80. The minimum absolute atomic E-state index is 0.0600. The van der Waals surface area contributed by atoms with Crippen LogP contribution in [0.15, 0.2) is 133 Å². The third kappa shape index (κ3) is 8.72. The number of aliphatic carboxylic acids is 1. The fraction of sp³-hybridized carbons (Fsp3) is 0.377. The van der Waals surface area contributed by atoms with Crippen molar-refractivity contribution in [2.45, 2.75) is 72.1 Å². The van der Waals surface area contributed by atoms with Crippen molar-refractivity contribution in [3.05, 3.63) is 167 Å². The van der Waals surface area contributed by atoms with Crippen LogP contribution in [0.3, 0.4) is 0 Å². The maximum Gasteiger partial charge on any atom is 0.312 e. The average molecular weight is 1080 g/mol. The summed E-state index contributed by atoms with van der Waals surface area (Å²) in [7, 11) is 5.69. The Balaban J connectivity index is 1.05. The summed E-state index contributed by atoms with van der Waals surface area (Å²) in [5, 5.41) is 50.8. The van der Waals surface area contributed by atoms with Gasteiger partial charge in [0.05, 0.1) is 64.6 Å². The van der Waals surface area contributed by atoms with Crippen molar-refractivity contribution in [1.82, 2.24) is 0 Å². The number of esters is 1. The van der Waals surface area contributed by atoms with E-state index in [2.05, 4.69) is 0 Å². The zero-order valence-corrected chi connectivity index (χ0v) is 44.4. The molecule has 0 amide bonds. The van der Waals surface area contributed by atoms with Crippen LogP contribution < -0.4 is 49.4 Å². The first kappa shape index (κ1) is 54.8. The molecule has 0 bridgehead atoms. The van der Waals surface area contributed by atoms with Gasteiger partial charge in [0.1, 0.15) is 58.2 Å². The largest absolute Gasteiger partial charge is 0.497 e. The summed E-state index contributed by atoms with van der Waals surface area (Å²) >= 11 is 0. The molecule has 2 aliphatic heterocycles. The molecule has 18 nitrogen and oxygen atoms in total. The Morgan fingerprint density at radius 2 is 1.03 bits per heavy atom. The molecule has 18 heteroatoms. The van der Waals surface area contributed by atoms with Crippen LogP contribution in [0.5, 0.6) is 46.0 Å². The summed E-state index contributed by atoms with van der Waals surface area (Å²) < 4.78 is 62.7. The van der Waals surface area contributed by atoms with Crippen LogP contribution in [0, 0.1) is 11.8 Å². The molecule has 8 N–H and O–H groups in total.